The van der Waals surface area contributed by atoms with Gasteiger partial charge < -0.3 is 4.90 Å². The summed E-state index contributed by atoms with van der Waals surface area (Å²) in [7, 11) is 0. The number of hydrogen-bond donors (Lipinski definition) is 0. The lowest BCUT2D eigenvalue weighted by Gasteiger charge is -2.36. The summed E-state index contributed by atoms with van der Waals surface area (Å²) in [6.07, 6.45) is 10.5. The van der Waals surface area contributed by atoms with Crippen molar-refractivity contribution in [3.63, 3.8) is 0 Å². The topological polar surface area (TPSA) is 54.8 Å². The Bertz CT molecular complexity index is 543. The lowest BCUT2D eigenvalue weighted by molar-refractivity contribution is 0.460. The molecule has 0 amide bonds. The van der Waals surface area contributed by atoms with Crippen molar-refractivity contribution in [1.29, 1.82) is 0 Å². The average molecular weight is 255 g/mol. The molecule has 3 rings (SSSR count). The Labute approximate surface area is 112 Å². The molecule has 0 aromatic carbocycles. The molecule has 1 aliphatic heterocycles. The Morgan fingerprint density at radius 1 is 1.16 bits per heavy atom. The second kappa shape index (κ2) is 5.30. The highest BCUT2D eigenvalue weighted by molar-refractivity contribution is 5.42. The van der Waals surface area contributed by atoms with Crippen molar-refractivity contribution in [2.75, 3.05) is 11.4 Å². The minimum atomic E-state index is 0.275. The fourth-order valence-electron chi connectivity index (χ4n) is 2.59. The van der Waals surface area contributed by atoms with Gasteiger partial charge in [0.2, 0.25) is 0 Å². The van der Waals surface area contributed by atoms with E-state index in [-0.39, 0.29) is 6.04 Å². The van der Waals surface area contributed by atoms with Gasteiger partial charge in [0.1, 0.15) is 12.1 Å². The van der Waals surface area contributed by atoms with Gasteiger partial charge in [-0.05, 0) is 26.2 Å². The van der Waals surface area contributed by atoms with Crippen molar-refractivity contribution in [3.05, 3.63) is 42.4 Å². The maximum atomic E-state index is 4.45. The third kappa shape index (κ3) is 2.54. The Morgan fingerprint density at radius 3 is 2.89 bits per heavy atom. The van der Waals surface area contributed by atoms with Crippen LogP contribution in [-0.2, 0) is 0 Å². The molecule has 0 spiro atoms. The first-order valence-electron chi connectivity index (χ1n) is 6.66. The van der Waals surface area contributed by atoms with E-state index in [1.54, 1.807) is 18.7 Å². The van der Waals surface area contributed by atoms with E-state index in [0.29, 0.717) is 0 Å². The van der Waals surface area contributed by atoms with Crippen LogP contribution in [0.15, 0.2) is 31.0 Å². The maximum absolute atomic E-state index is 4.45. The van der Waals surface area contributed by atoms with E-state index >= 15 is 0 Å². The monoisotopic (exact) mass is 255 g/mol. The summed E-state index contributed by atoms with van der Waals surface area (Å²) in [5, 5.41) is 0. The minimum Gasteiger partial charge on any atom is -0.348 e. The van der Waals surface area contributed by atoms with Crippen molar-refractivity contribution >= 4 is 5.82 Å². The number of hydrogen-bond acceptors (Lipinski definition) is 5. The van der Waals surface area contributed by atoms with Crippen LogP contribution in [0.1, 0.15) is 36.7 Å². The SMILES string of the molecule is Cc1cc(N2CCCC[C@H]2c2cnccn2)ncn1. The lowest BCUT2D eigenvalue weighted by Crippen LogP contribution is -2.34. The van der Waals surface area contributed by atoms with E-state index < -0.39 is 0 Å². The summed E-state index contributed by atoms with van der Waals surface area (Å²) < 4.78 is 0. The predicted octanol–water partition coefficient (Wildman–Crippen LogP) is 2.31. The second-order valence-electron chi connectivity index (χ2n) is 4.85. The first-order chi connectivity index (χ1) is 9.34. The highest BCUT2D eigenvalue weighted by Crippen LogP contribution is 2.32. The molecule has 0 bridgehead atoms. The number of rotatable bonds is 2. The van der Waals surface area contributed by atoms with Gasteiger partial charge in [-0.25, -0.2) is 9.97 Å². The van der Waals surface area contributed by atoms with Crippen molar-refractivity contribution in [3.8, 4) is 0 Å². The molecule has 2 aromatic heterocycles. The lowest BCUT2D eigenvalue weighted by atomic mass is 9.99. The van der Waals surface area contributed by atoms with Crippen LogP contribution < -0.4 is 4.90 Å². The molecule has 1 fully saturated rings. The average Bonchev–Trinajstić information content (AvgIpc) is 2.48. The molecule has 0 unspecified atom stereocenters. The molecule has 3 heterocycles. The number of piperidine rings is 1. The van der Waals surface area contributed by atoms with Gasteiger partial charge in [0.25, 0.3) is 0 Å². The van der Waals surface area contributed by atoms with Crippen LogP contribution in [0.2, 0.25) is 0 Å². The van der Waals surface area contributed by atoms with Crippen molar-refractivity contribution in [1.82, 2.24) is 19.9 Å². The molecule has 1 aliphatic rings. The number of nitrogens with zero attached hydrogens (tertiary/aromatic N) is 5. The van der Waals surface area contributed by atoms with Crippen LogP contribution >= 0.6 is 0 Å². The molecule has 0 N–H and O–H groups in total. The molecule has 0 saturated carbocycles. The summed E-state index contributed by atoms with van der Waals surface area (Å²) in [5.41, 5.74) is 2.02. The first-order valence-corrected chi connectivity index (χ1v) is 6.66. The Kier molecular flexibility index (Phi) is 3.35. The van der Waals surface area contributed by atoms with Gasteiger partial charge >= 0.3 is 0 Å². The van der Waals surface area contributed by atoms with Gasteiger partial charge in [-0.2, -0.15) is 0 Å². The van der Waals surface area contributed by atoms with Crippen LogP contribution in [0, 0.1) is 6.92 Å². The van der Waals surface area contributed by atoms with E-state index in [1.807, 2.05) is 19.2 Å². The van der Waals surface area contributed by atoms with Crippen LogP contribution in [-0.4, -0.2) is 26.5 Å². The van der Waals surface area contributed by atoms with Gasteiger partial charge in [-0.15, -0.1) is 0 Å². The summed E-state index contributed by atoms with van der Waals surface area (Å²) in [6.45, 7) is 3.00. The van der Waals surface area contributed by atoms with Crippen molar-refractivity contribution in [2.24, 2.45) is 0 Å². The summed E-state index contributed by atoms with van der Waals surface area (Å²) >= 11 is 0. The third-order valence-electron chi connectivity index (χ3n) is 3.51. The molecule has 98 valence electrons. The molecule has 5 heteroatoms. The molecule has 1 atom stereocenters. The molecule has 19 heavy (non-hydrogen) atoms. The zero-order chi connectivity index (χ0) is 13.1. The summed E-state index contributed by atoms with van der Waals surface area (Å²) in [6, 6.07) is 2.31. The standard InChI is InChI=1S/C14H17N5/c1-11-8-14(18-10-17-11)19-7-3-2-4-13(19)12-9-15-5-6-16-12/h5-6,8-10,13H,2-4,7H2,1H3/t13-/m0/s1. The van der Waals surface area contributed by atoms with Crippen molar-refractivity contribution in [2.45, 2.75) is 32.2 Å². The third-order valence-corrected chi connectivity index (χ3v) is 3.51. The number of aromatic nitrogens is 4. The van der Waals surface area contributed by atoms with Gasteiger partial charge in [-0.1, -0.05) is 0 Å². The van der Waals surface area contributed by atoms with Crippen molar-refractivity contribution < 1.29 is 0 Å². The highest BCUT2D eigenvalue weighted by atomic mass is 15.2. The fourth-order valence-corrected chi connectivity index (χ4v) is 2.59. The predicted molar refractivity (Wildman–Crippen MR) is 72.7 cm³/mol. The molecule has 0 radical (unpaired) electrons. The molecule has 2 aromatic rings. The zero-order valence-corrected chi connectivity index (χ0v) is 11.0. The molecular weight excluding hydrogens is 238 g/mol. The van der Waals surface area contributed by atoms with Crippen LogP contribution in [0.5, 0.6) is 0 Å². The Morgan fingerprint density at radius 2 is 2.11 bits per heavy atom. The zero-order valence-electron chi connectivity index (χ0n) is 11.0. The second-order valence-corrected chi connectivity index (χ2v) is 4.85. The molecular formula is C14H17N5. The van der Waals surface area contributed by atoms with Gasteiger partial charge in [0.15, 0.2) is 0 Å². The van der Waals surface area contributed by atoms with Gasteiger partial charge in [-0.3, -0.25) is 9.97 Å². The van der Waals surface area contributed by atoms with Crippen LogP contribution in [0.3, 0.4) is 0 Å². The molecule has 0 aliphatic carbocycles. The van der Waals surface area contributed by atoms with E-state index in [4.69, 9.17) is 0 Å². The normalized spacial score (nSPS) is 19.4. The minimum absolute atomic E-state index is 0.275. The van der Waals surface area contributed by atoms with E-state index in [2.05, 4.69) is 24.8 Å². The smallest absolute Gasteiger partial charge is 0.132 e. The fraction of sp³-hybridized carbons (Fsp3) is 0.429. The summed E-state index contributed by atoms with van der Waals surface area (Å²) in [5.74, 6) is 0.989. The van der Waals surface area contributed by atoms with Gasteiger partial charge in [0, 0.05) is 30.7 Å². The maximum Gasteiger partial charge on any atom is 0.132 e. The van der Waals surface area contributed by atoms with Gasteiger partial charge in [0.05, 0.1) is 17.9 Å². The Balaban J connectivity index is 1.93. The van der Waals surface area contributed by atoms with E-state index in [9.17, 15) is 0 Å². The number of anilines is 1. The largest absolute Gasteiger partial charge is 0.348 e. The highest BCUT2D eigenvalue weighted by Gasteiger charge is 2.26. The van der Waals surface area contributed by atoms with E-state index in [0.717, 1.165) is 30.2 Å². The van der Waals surface area contributed by atoms with Crippen LogP contribution in [0.25, 0.3) is 0 Å². The number of aryl methyl sites for hydroxylation is 1. The summed E-state index contributed by atoms with van der Waals surface area (Å²) in [4.78, 5) is 19.5. The quantitative estimate of drug-likeness (QED) is 0.824. The first kappa shape index (κ1) is 12.0. The molecule has 5 nitrogen and oxygen atoms in total. The molecule has 1 saturated heterocycles. The van der Waals surface area contributed by atoms with Crippen LogP contribution in [0.4, 0.5) is 5.82 Å². The Hall–Kier alpha value is -2.04. The van der Waals surface area contributed by atoms with E-state index in [1.165, 1.54) is 12.8 Å².